The topological polar surface area (TPSA) is 89.1 Å². The molecule has 0 bridgehead atoms. The molecule has 2 aliphatic heterocycles. The van der Waals surface area contributed by atoms with Crippen LogP contribution in [0.15, 0.2) is 34.3 Å². The molecule has 7 nitrogen and oxygen atoms in total. The molecule has 0 aromatic heterocycles. The van der Waals surface area contributed by atoms with Crippen LogP contribution in [0.25, 0.3) is 0 Å². The first-order chi connectivity index (χ1) is 8.74. The number of hydrogen-bond acceptors (Lipinski definition) is 6. The Kier molecular flexibility index (Phi) is 2.52. The summed E-state index contributed by atoms with van der Waals surface area (Å²) in [6, 6.07) is 6.19. The van der Waals surface area contributed by atoms with Crippen molar-refractivity contribution in [2.45, 2.75) is 0 Å². The number of rotatable bonds is 2. The number of fused-ring (bicyclic) bond motifs is 1. The van der Waals surface area contributed by atoms with E-state index in [-0.39, 0.29) is 11.6 Å². The summed E-state index contributed by atoms with van der Waals surface area (Å²) in [5, 5.41) is 10.6. The van der Waals surface area contributed by atoms with E-state index in [1.54, 1.807) is 12.1 Å². The van der Waals surface area contributed by atoms with Crippen LogP contribution in [0.4, 0.5) is 5.69 Å². The Balaban J connectivity index is 1.87. The molecule has 1 unspecified atom stereocenters. The number of nitro benzene ring substituents is 1. The number of hydrogen-bond donors (Lipinski definition) is 1. The highest BCUT2D eigenvalue weighted by Gasteiger charge is 2.27. The van der Waals surface area contributed by atoms with Gasteiger partial charge < -0.3 is 0 Å². The van der Waals surface area contributed by atoms with Gasteiger partial charge in [-0.2, -0.15) is 0 Å². The summed E-state index contributed by atoms with van der Waals surface area (Å²) in [6.45, 7) is 1.20. The second kappa shape index (κ2) is 4.19. The van der Waals surface area contributed by atoms with Gasteiger partial charge in [0, 0.05) is 17.7 Å². The summed E-state index contributed by atoms with van der Waals surface area (Å²) in [4.78, 5) is 23.9. The van der Waals surface area contributed by atoms with Gasteiger partial charge in [-0.05, 0) is 12.1 Å². The Morgan fingerprint density at radius 2 is 2.17 bits per heavy atom. The van der Waals surface area contributed by atoms with Gasteiger partial charge in [0.15, 0.2) is 5.84 Å². The number of hydroxylamine groups is 1. The maximum atomic E-state index is 10.6. The lowest BCUT2D eigenvalue weighted by Crippen LogP contribution is -2.27. The fourth-order valence-corrected chi connectivity index (χ4v) is 1.87. The van der Waals surface area contributed by atoms with Crippen molar-refractivity contribution in [1.82, 2.24) is 5.48 Å². The predicted molar refractivity (Wildman–Crippen MR) is 64.5 cm³/mol. The van der Waals surface area contributed by atoms with E-state index >= 15 is 0 Å². The van der Waals surface area contributed by atoms with Gasteiger partial charge in [-0.15, -0.1) is 0 Å². The second-order valence-corrected chi connectivity index (χ2v) is 4.08. The van der Waals surface area contributed by atoms with E-state index in [9.17, 15) is 10.1 Å². The molecule has 0 radical (unpaired) electrons. The molecule has 1 aromatic carbocycles. The van der Waals surface area contributed by atoms with Crippen LogP contribution in [0.3, 0.4) is 0 Å². The van der Waals surface area contributed by atoms with Crippen LogP contribution in [-0.4, -0.2) is 29.7 Å². The molecule has 0 aliphatic carbocycles. The maximum absolute atomic E-state index is 10.6. The molecule has 1 aromatic rings. The van der Waals surface area contributed by atoms with Gasteiger partial charge in [-0.25, -0.2) is 4.99 Å². The number of nitro groups is 1. The number of nitrogens with zero attached hydrogens (tertiary/aromatic N) is 3. The Labute approximate surface area is 102 Å². The van der Waals surface area contributed by atoms with Crippen LogP contribution in [0, 0.1) is 16.0 Å². The number of amidine groups is 2. The molecule has 1 atom stereocenters. The third-order valence-corrected chi connectivity index (χ3v) is 2.87. The van der Waals surface area contributed by atoms with Gasteiger partial charge in [0.05, 0.1) is 24.0 Å². The molecule has 1 saturated heterocycles. The lowest BCUT2D eigenvalue weighted by atomic mass is 10.1. The van der Waals surface area contributed by atoms with E-state index in [1.165, 1.54) is 12.1 Å². The van der Waals surface area contributed by atoms with Crippen LogP contribution in [0.1, 0.15) is 5.56 Å². The van der Waals surface area contributed by atoms with Crippen molar-refractivity contribution in [3.63, 3.8) is 0 Å². The number of aliphatic imine (C=N–C) groups is 2. The zero-order chi connectivity index (χ0) is 12.5. The van der Waals surface area contributed by atoms with E-state index in [0.717, 1.165) is 11.4 Å². The molecule has 18 heavy (non-hydrogen) atoms. The number of benzene rings is 1. The summed E-state index contributed by atoms with van der Waals surface area (Å²) in [5.41, 5.74) is 3.57. The van der Waals surface area contributed by atoms with E-state index < -0.39 is 4.92 Å². The molecule has 3 rings (SSSR count). The third kappa shape index (κ3) is 1.84. The van der Waals surface area contributed by atoms with Crippen molar-refractivity contribution in [3.05, 3.63) is 39.9 Å². The first-order valence-corrected chi connectivity index (χ1v) is 5.50. The van der Waals surface area contributed by atoms with Crippen molar-refractivity contribution in [1.29, 1.82) is 0 Å². The van der Waals surface area contributed by atoms with E-state index in [1.807, 2.05) is 0 Å². The van der Waals surface area contributed by atoms with Gasteiger partial charge in [0.1, 0.15) is 5.84 Å². The van der Waals surface area contributed by atoms with Crippen molar-refractivity contribution in [2.24, 2.45) is 15.9 Å². The molecule has 0 spiro atoms. The molecular weight excluding hydrogens is 236 g/mol. The molecule has 0 amide bonds. The van der Waals surface area contributed by atoms with Crippen molar-refractivity contribution in [2.75, 3.05) is 13.2 Å². The van der Waals surface area contributed by atoms with Crippen LogP contribution in [0.5, 0.6) is 0 Å². The lowest BCUT2D eigenvalue weighted by molar-refractivity contribution is -0.384. The largest absolute Gasteiger partial charge is 0.274 e. The van der Waals surface area contributed by atoms with Crippen LogP contribution in [-0.2, 0) is 4.84 Å². The number of non-ortho nitro benzene ring substituents is 1. The minimum absolute atomic E-state index is 0.0583. The Hall–Kier alpha value is -2.28. The van der Waals surface area contributed by atoms with Gasteiger partial charge in [-0.1, -0.05) is 0 Å². The monoisotopic (exact) mass is 246 g/mol. The second-order valence-electron chi connectivity index (χ2n) is 4.08. The minimum Gasteiger partial charge on any atom is -0.274 e. The zero-order valence-electron chi connectivity index (χ0n) is 9.37. The zero-order valence-corrected chi connectivity index (χ0v) is 9.37. The fraction of sp³-hybridized carbons (Fsp3) is 0.273. The van der Waals surface area contributed by atoms with Gasteiger partial charge >= 0.3 is 0 Å². The van der Waals surface area contributed by atoms with Gasteiger partial charge in [0.2, 0.25) is 0 Å². The maximum Gasteiger partial charge on any atom is 0.269 e. The molecular formula is C11H10N4O3. The average Bonchev–Trinajstić information content (AvgIpc) is 2.86. The summed E-state index contributed by atoms with van der Waals surface area (Å²) in [5.74, 6) is 1.55. The molecule has 1 fully saturated rings. The van der Waals surface area contributed by atoms with E-state index in [0.29, 0.717) is 19.0 Å². The normalized spacial score (nSPS) is 21.7. The van der Waals surface area contributed by atoms with Crippen molar-refractivity contribution < 1.29 is 9.76 Å². The SMILES string of the molecule is O=[N+]([O-])c1ccc(C2=NCC3CONC3=N2)cc1. The molecule has 2 aliphatic rings. The van der Waals surface area contributed by atoms with Gasteiger partial charge in [-0.3, -0.25) is 25.4 Å². The highest BCUT2D eigenvalue weighted by Crippen LogP contribution is 2.17. The summed E-state index contributed by atoms with van der Waals surface area (Å²) < 4.78 is 0. The number of nitrogens with one attached hydrogen (secondary N) is 1. The Morgan fingerprint density at radius 1 is 1.39 bits per heavy atom. The highest BCUT2D eigenvalue weighted by atomic mass is 16.7. The smallest absolute Gasteiger partial charge is 0.269 e. The third-order valence-electron chi connectivity index (χ3n) is 2.87. The first kappa shape index (κ1) is 10.8. The molecule has 0 saturated carbocycles. The lowest BCUT2D eigenvalue weighted by Gasteiger charge is -2.12. The van der Waals surface area contributed by atoms with Crippen molar-refractivity contribution in [3.8, 4) is 0 Å². The summed E-state index contributed by atoms with van der Waals surface area (Å²) in [7, 11) is 0. The molecule has 1 N–H and O–H groups in total. The summed E-state index contributed by atoms with van der Waals surface area (Å²) in [6.07, 6.45) is 0. The Morgan fingerprint density at radius 3 is 2.89 bits per heavy atom. The first-order valence-electron chi connectivity index (χ1n) is 5.50. The van der Waals surface area contributed by atoms with Crippen LogP contribution >= 0.6 is 0 Å². The average molecular weight is 246 g/mol. The molecule has 2 heterocycles. The van der Waals surface area contributed by atoms with Gasteiger partial charge in [0.25, 0.3) is 5.69 Å². The fourth-order valence-electron chi connectivity index (χ4n) is 1.87. The highest BCUT2D eigenvalue weighted by molar-refractivity contribution is 6.08. The predicted octanol–water partition coefficient (Wildman–Crippen LogP) is 0.904. The van der Waals surface area contributed by atoms with Crippen LogP contribution < -0.4 is 5.48 Å². The van der Waals surface area contributed by atoms with E-state index in [2.05, 4.69) is 15.5 Å². The molecule has 92 valence electrons. The summed E-state index contributed by atoms with van der Waals surface area (Å²) >= 11 is 0. The van der Waals surface area contributed by atoms with Crippen molar-refractivity contribution >= 4 is 17.4 Å². The minimum atomic E-state index is -0.430. The Bertz CT molecular complexity index is 550. The quantitative estimate of drug-likeness (QED) is 0.620. The standard InChI is InChI=1S/C11H10N4O3/c16-15(17)9-3-1-7(2-4-9)10-12-5-8-6-18-14-11(8)13-10/h1-4,8H,5-6H2,(H,12,13,14). The van der Waals surface area contributed by atoms with E-state index in [4.69, 9.17) is 4.84 Å². The molecule has 7 heteroatoms. The van der Waals surface area contributed by atoms with Crippen LogP contribution in [0.2, 0.25) is 0 Å².